The summed E-state index contributed by atoms with van der Waals surface area (Å²) >= 11 is 0. The highest BCUT2D eigenvalue weighted by Gasteiger charge is 2.32. The third-order valence-corrected chi connectivity index (χ3v) is 3.38. The summed E-state index contributed by atoms with van der Waals surface area (Å²) in [5, 5.41) is 3.59. The molecule has 1 atom stereocenters. The van der Waals surface area contributed by atoms with Gasteiger partial charge < -0.3 is 5.32 Å². The van der Waals surface area contributed by atoms with Crippen LogP contribution in [0.5, 0.6) is 0 Å². The molecule has 1 aromatic heterocycles. The van der Waals surface area contributed by atoms with Crippen molar-refractivity contribution < 1.29 is 0 Å². The first kappa shape index (κ1) is 10.7. The maximum Gasteiger partial charge on any atom is 0.0934 e. The van der Waals surface area contributed by atoms with Gasteiger partial charge in [-0.15, -0.1) is 0 Å². The predicted octanol–water partition coefficient (Wildman–Crippen LogP) is 2.69. The molecule has 1 fully saturated rings. The van der Waals surface area contributed by atoms with Crippen molar-refractivity contribution in [1.82, 2.24) is 15.3 Å². The van der Waals surface area contributed by atoms with Crippen LogP contribution in [0.1, 0.15) is 31.4 Å². The Balaban J connectivity index is 2.08. The predicted molar refractivity (Wildman–Crippen MR) is 68.7 cm³/mol. The number of nitrogens with zero attached hydrogens (tertiary/aromatic N) is 2. The molecular weight excluding hydrogens is 210 g/mol. The van der Waals surface area contributed by atoms with Crippen molar-refractivity contribution in [2.75, 3.05) is 6.54 Å². The fourth-order valence-corrected chi connectivity index (χ4v) is 2.45. The number of rotatable bonds is 4. The number of fused-ring (bicyclic) bond motifs is 1. The van der Waals surface area contributed by atoms with Crippen LogP contribution in [0.25, 0.3) is 11.0 Å². The van der Waals surface area contributed by atoms with Crippen LogP contribution in [0.15, 0.2) is 30.6 Å². The van der Waals surface area contributed by atoms with Gasteiger partial charge in [-0.3, -0.25) is 9.97 Å². The molecule has 1 heterocycles. The fraction of sp³-hybridized carbons (Fsp3) is 0.429. The Hall–Kier alpha value is -1.48. The third kappa shape index (κ3) is 2.03. The lowest BCUT2D eigenvalue weighted by Gasteiger charge is -2.18. The van der Waals surface area contributed by atoms with Gasteiger partial charge in [0.05, 0.1) is 11.0 Å². The first-order valence-electron chi connectivity index (χ1n) is 6.33. The van der Waals surface area contributed by atoms with Crippen LogP contribution in [-0.4, -0.2) is 16.5 Å². The monoisotopic (exact) mass is 227 g/mol. The second kappa shape index (κ2) is 4.41. The van der Waals surface area contributed by atoms with Gasteiger partial charge >= 0.3 is 0 Å². The van der Waals surface area contributed by atoms with Crippen molar-refractivity contribution in [3.05, 3.63) is 36.2 Å². The molecule has 0 aliphatic heterocycles. The summed E-state index contributed by atoms with van der Waals surface area (Å²) in [5.41, 5.74) is 3.35. The summed E-state index contributed by atoms with van der Waals surface area (Å²) in [4.78, 5) is 8.87. The van der Waals surface area contributed by atoms with E-state index in [2.05, 4.69) is 34.3 Å². The molecule has 1 aliphatic carbocycles. The van der Waals surface area contributed by atoms with Crippen molar-refractivity contribution in [2.24, 2.45) is 5.92 Å². The number of nitrogens with one attached hydrogen (secondary N) is 1. The van der Waals surface area contributed by atoms with E-state index in [9.17, 15) is 0 Å². The van der Waals surface area contributed by atoms with Crippen LogP contribution < -0.4 is 5.32 Å². The summed E-state index contributed by atoms with van der Waals surface area (Å²) in [6.07, 6.45) is 6.19. The van der Waals surface area contributed by atoms with Gasteiger partial charge in [-0.2, -0.15) is 0 Å². The molecule has 1 aromatic carbocycles. The van der Waals surface area contributed by atoms with E-state index < -0.39 is 0 Å². The largest absolute Gasteiger partial charge is 0.310 e. The smallest absolute Gasteiger partial charge is 0.0934 e. The summed E-state index contributed by atoms with van der Waals surface area (Å²) < 4.78 is 0. The van der Waals surface area contributed by atoms with Gasteiger partial charge in [-0.1, -0.05) is 19.1 Å². The van der Waals surface area contributed by atoms with E-state index >= 15 is 0 Å². The van der Waals surface area contributed by atoms with E-state index in [1.165, 1.54) is 18.4 Å². The third-order valence-electron chi connectivity index (χ3n) is 3.38. The molecule has 0 saturated heterocycles. The molecule has 1 unspecified atom stereocenters. The molecule has 1 N–H and O–H groups in total. The summed E-state index contributed by atoms with van der Waals surface area (Å²) in [6, 6.07) is 6.74. The highest BCUT2D eigenvalue weighted by molar-refractivity contribution is 5.78. The van der Waals surface area contributed by atoms with E-state index in [0.29, 0.717) is 6.04 Å². The maximum absolute atomic E-state index is 4.49. The Morgan fingerprint density at radius 3 is 2.88 bits per heavy atom. The van der Waals surface area contributed by atoms with Gasteiger partial charge in [-0.05, 0) is 36.9 Å². The van der Waals surface area contributed by atoms with E-state index in [1.807, 2.05) is 6.07 Å². The van der Waals surface area contributed by atoms with Crippen LogP contribution in [-0.2, 0) is 0 Å². The molecule has 88 valence electrons. The van der Waals surface area contributed by atoms with Crippen LogP contribution in [0.3, 0.4) is 0 Å². The normalized spacial score (nSPS) is 17.2. The molecule has 0 radical (unpaired) electrons. The molecule has 17 heavy (non-hydrogen) atoms. The van der Waals surface area contributed by atoms with Crippen LogP contribution in [0.2, 0.25) is 0 Å². The Labute approximate surface area is 101 Å². The molecule has 2 aromatic rings. The van der Waals surface area contributed by atoms with Crippen molar-refractivity contribution in [2.45, 2.75) is 25.8 Å². The average molecular weight is 227 g/mol. The molecule has 3 heteroatoms. The Kier molecular flexibility index (Phi) is 2.77. The Bertz CT molecular complexity index is 514. The van der Waals surface area contributed by atoms with Gasteiger partial charge in [0.2, 0.25) is 0 Å². The van der Waals surface area contributed by atoms with Crippen molar-refractivity contribution in [3.8, 4) is 0 Å². The molecule has 3 rings (SSSR count). The van der Waals surface area contributed by atoms with Gasteiger partial charge in [0, 0.05) is 18.4 Å². The quantitative estimate of drug-likeness (QED) is 0.872. The zero-order chi connectivity index (χ0) is 11.7. The van der Waals surface area contributed by atoms with Crippen molar-refractivity contribution in [1.29, 1.82) is 0 Å². The minimum Gasteiger partial charge on any atom is -0.310 e. The lowest BCUT2D eigenvalue weighted by Crippen LogP contribution is -2.23. The molecule has 0 spiro atoms. The number of hydrogen-bond donors (Lipinski definition) is 1. The van der Waals surface area contributed by atoms with E-state index in [-0.39, 0.29) is 0 Å². The van der Waals surface area contributed by atoms with E-state index in [0.717, 1.165) is 23.5 Å². The minimum atomic E-state index is 0.445. The fourth-order valence-electron chi connectivity index (χ4n) is 2.45. The van der Waals surface area contributed by atoms with Crippen molar-refractivity contribution >= 4 is 11.0 Å². The zero-order valence-corrected chi connectivity index (χ0v) is 10.1. The summed E-state index contributed by atoms with van der Waals surface area (Å²) in [7, 11) is 0. The highest BCUT2D eigenvalue weighted by atomic mass is 14.9. The second-order valence-electron chi connectivity index (χ2n) is 4.64. The van der Waals surface area contributed by atoms with Crippen LogP contribution in [0, 0.1) is 5.92 Å². The Morgan fingerprint density at radius 2 is 2.12 bits per heavy atom. The molecule has 1 saturated carbocycles. The Morgan fingerprint density at radius 1 is 1.29 bits per heavy atom. The average Bonchev–Trinajstić information content (AvgIpc) is 3.20. The number of para-hydroxylation sites is 1. The lowest BCUT2D eigenvalue weighted by atomic mass is 10.0. The SMILES string of the molecule is CCNC(c1cccc2nccnc12)C1CC1. The number of aromatic nitrogens is 2. The van der Waals surface area contributed by atoms with Gasteiger partial charge in [0.25, 0.3) is 0 Å². The minimum absolute atomic E-state index is 0.445. The highest BCUT2D eigenvalue weighted by Crippen LogP contribution is 2.42. The van der Waals surface area contributed by atoms with E-state index in [4.69, 9.17) is 0 Å². The lowest BCUT2D eigenvalue weighted by molar-refractivity contribution is 0.498. The van der Waals surface area contributed by atoms with Gasteiger partial charge in [0.1, 0.15) is 0 Å². The molecule has 3 nitrogen and oxygen atoms in total. The second-order valence-corrected chi connectivity index (χ2v) is 4.64. The maximum atomic E-state index is 4.49. The topological polar surface area (TPSA) is 37.8 Å². The molecular formula is C14H17N3. The molecule has 0 amide bonds. The summed E-state index contributed by atoms with van der Waals surface area (Å²) in [6.45, 7) is 3.16. The molecule has 0 bridgehead atoms. The van der Waals surface area contributed by atoms with Gasteiger partial charge in [0.15, 0.2) is 0 Å². The first-order valence-corrected chi connectivity index (χ1v) is 6.33. The first-order chi connectivity index (χ1) is 8.40. The zero-order valence-electron chi connectivity index (χ0n) is 10.1. The molecule has 1 aliphatic rings. The summed E-state index contributed by atoms with van der Waals surface area (Å²) in [5.74, 6) is 0.780. The standard InChI is InChI=1S/C14H17N3/c1-2-15-13(10-6-7-10)11-4-3-5-12-14(11)17-9-8-16-12/h3-5,8-10,13,15H,2,6-7H2,1H3. The van der Waals surface area contributed by atoms with Crippen LogP contribution in [0.4, 0.5) is 0 Å². The number of hydrogen-bond acceptors (Lipinski definition) is 3. The van der Waals surface area contributed by atoms with Crippen molar-refractivity contribution in [3.63, 3.8) is 0 Å². The van der Waals surface area contributed by atoms with Crippen LogP contribution >= 0.6 is 0 Å². The number of benzene rings is 1. The van der Waals surface area contributed by atoms with Gasteiger partial charge in [-0.25, -0.2) is 0 Å². The van der Waals surface area contributed by atoms with E-state index in [1.54, 1.807) is 12.4 Å².